The Morgan fingerprint density at radius 2 is 2.24 bits per heavy atom. The smallest absolute Gasteiger partial charge is 0.293 e. The van der Waals surface area contributed by atoms with Crippen LogP contribution in [0.5, 0.6) is 0 Å². The zero-order chi connectivity index (χ0) is 15.6. The third-order valence-corrected chi connectivity index (χ3v) is 3.61. The van der Waals surface area contributed by atoms with Crippen molar-refractivity contribution in [2.45, 2.75) is 26.3 Å². The summed E-state index contributed by atoms with van der Waals surface area (Å²) in [7, 11) is 0. The van der Waals surface area contributed by atoms with Gasteiger partial charge in [0.25, 0.3) is 5.69 Å². The second-order valence-electron chi connectivity index (χ2n) is 4.93. The number of nitro groups is 1. The minimum absolute atomic E-state index is 0.131. The van der Waals surface area contributed by atoms with Gasteiger partial charge in [0, 0.05) is 24.7 Å². The first kappa shape index (κ1) is 15.0. The van der Waals surface area contributed by atoms with E-state index in [1.165, 1.54) is 13.0 Å². The number of ketones is 1. The zero-order valence-corrected chi connectivity index (χ0v) is 12.0. The molecule has 112 valence electrons. The van der Waals surface area contributed by atoms with Gasteiger partial charge in [-0.1, -0.05) is 6.92 Å². The number of nitrogens with zero attached hydrogens (tertiary/aromatic N) is 2. The van der Waals surface area contributed by atoms with Crippen LogP contribution in [0.15, 0.2) is 18.2 Å². The highest BCUT2D eigenvalue weighted by Gasteiger charge is 2.32. The van der Waals surface area contributed by atoms with Crippen LogP contribution in [0.3, 0.4) is 0 Å². The summed E-state index contributed by atoms with van der Waals surface area (Å²) in [6, 6.07) is 3.96. The van der Waals surface area contributed by atoms with Crippen molar-refractivity contribution in [3.63, 3.8) is 0 Å². The molecule has 1 unspecified atom stereocenters. The number of anilines is 1. The lowest BCUT2D eigenvalue weighted by molar-refractivity contribution is -0.384. The van der Waals surface area contributed by atoms with Crippen molar-refractivity contribution in [3.05, 3.63) is 33.9 Å². The van der Waals surface area contributed by atoms with Gasteiger partial charge in [-0.2, -0.15) is 0 Å². The summed E-state index contributed by atoms with van der Waals surface area (Å²) in [6.45, 7) is 4.17. The molecule has 21 heavy (non-hydrogen) atoms. The van der Waals surface area contributed by atoms with Gasteiger partial charge in [-0.15, -0.1) is 0 Å². The standard InChI is InChI=1S/C14H17N3O4/c1-3-11-14(19)15-6-7-16(11)12-5-4-10(9(2)18)8-13(12)17(20)21/h4-5,8,11H,3,6-7H2,1-2H3,(H,15,19). The lowest BCUT2D eigenvalue weighted by atomic mass is 10.1. The molecule has 1 amide bonds. The van der Waals surface area contributed by atoms with E-state index in [0.717, 1.165) is 0 Å². The largest absolute Gasteiger partial charge is 0.353 e. The maximum atomic E-state index is 11.9. The molecule has 1 N–H and O–H groups in total. The SMILES string of the molecule is CCC1C(=O)NCCN1c1ccc(C(C)=O)cc1[N+](=O)[O-]. The van der Waals surface area contributed by atoms with E-state index < -0.39 is 11.0 Å². The third kappa shape index (κ3) is 2.86. The van der Waals surface area contributed by atoms with Gasteiger partial charge in [0.2, 0.25) is 5.91 Å². The predicted molar refractivity (Wildman–Crippen MR) is 77.5 cm³/mol. The third-order valence-electron chi connectivity index (χ3n) is 3.61. The molecule has 7 heteroatoms. The highest BCUT2D eigenvalue weighted by Crippen LogP contribution is 2.32. The van der Waals surface area contributed by atoms with Crippen molar-refractivity contribution in [1.29, 1.82) is 0 Å². The number of amides is 1. The molecular formula is C14H17N3O4. The number of nitro benzene ring substituents is 1. The highest BCUT2D eigenvalue weighted by atomic mass is 16.6. The summed E-state index contributed by atoms with van der Waals surface area (Å²) >= 11 is 0. The molecule has 0 radical (unpaired) electrons. The van der Waals surface area contributed by atoms with Crippen molar-refractivity contribution in [3.8, 4) is 0 Å². The normalized spacial score (nSPS) is 18.3. The number of Topliss-reactive ketones (excluding diaryl/α,β-unsaturated/α-hetero) is 1. The average molecular weight is 291 g/mol. The van der Waals surface area contributed by atoms with Gasteiger partial charge >= 0.3 is 0 Å². The topological polar surface area (TPSA) is 92.6 Å². The van der Waals surface area contributed by atoms with Crippen LogP contribution in [0.1, 0.15) is 30.6 Å². The van der Waals surface area contributed by atoms with E-state index in [9.17, 15) is 19.7 Å². The van der Waals surface area contributed by atoms with Gasteiger partial charge in [-0.25, -0.2) is 0 Å². The maximum Gasteiger partial charge on any atom is 0.293 e. The van der Waals surface area contributed by atoms with E-state index in [1.807, 2.05) is 6.92 Å². The summed E-state index contributed by atoms with van der Waals surface area (Å²) in [5.41, 5.74) is 0.530. The maximum absolute atomic E-state index is 11.9. The molecule has 0 bridgehead atoms. The molecular weight excluding hydrogens is 274 g/mol. The number of piperazine rings is 1. The molecule has 1 aromatic rings. The Hall–Kier alpha value is -2.44. The molecule has 0 spiro atoms. The lowest BCUT2D eigenvalue weighted by Gasteiger charge is -2.35. The van der Waals surface area contributed by atoms with Gasteiger partial charge in [0.1, 0.15) is 11.7 Å². The molecule has 1 fully saturated rings. The summed E-state index contributed by atoms with van der Waals surface area (Å²) in [6.07, 6.45) is 0.553. The minimum Gasteiger partial charge on any atom is -0.353 e. The quantitative estimate of drug-likeness (QED) is 0.515. The fourth-order valence-electron chi connectivity index (χ4n) is 2.54. The number of hydrogen-bond acceptors (Lipinski definition) is 5. The summed E-state index contributed by atoms with van der Waals surface area (Å²) in [5.74, 6) is -0.359. The molecule has 1 heterocycles. The molecule has 1 atom stereocenters. The van der Waals surface area contributed by atoms with Gasteiger partial charge in [-0.05, 0) is 25.5 Å². The first-order chi connectivity index (χ1) is 9.95. The Bertz CT molecular complexity index is 600. The first-order valence-corrected chi connectivity index (χ1v) is 6.79. The lowest BCUT2D eigenvalue weighted by Crippen LogP contribution is -2.55. The average Bonchev–Trinajstić information content (AvgIpc) is 2.46. The Morgan fingerprint density at radius 1 is 1.52 bits per heavy atom. The molecule has 1 aromatic carbocycles. The molecule has 7 nitrogen and oxygen atoms in total. The highest BCUT2D eigenvalue weighted by molar-refractivity contribution is 5.96. The van der Waals surface area contributed by atoms with Crippen molar-refractivity contribution < 1.29 is 14.5 Å². The number of rotatable bonds is 4. The number of carbonyl (C=O) groups is 2. The summed E-state index contributed by atoms with van der Waals surface area (Å²) in [4.78, 5) is 35.8. The minimum atomic E-state index is -0.513. The van der Waals surface area contributed by atoms with E-state index in [-0.39, 0.29) is 17.4 Å². The molecule has 1 saturated heterocycles. The Labute approximate surface area is 122 Å². The monoisotopic (exact) mass is 291 g/mol. The van der Waals surface area contributed by atoms with Crippen LogP contribution in [0, 0.1) is 10.1 Å². The van der Waals surface area contributed by atoms with Crippen molar-refractivity contribution in [2.75, 3.05) is 18.0 Å². The fraction of sp³-hybridized carbons (Fsp3) is 0.429. The summed E-state index contributed by atoms with van der Waals surface area (Å²) < 4.78 is 0. The van der Waals surface area contributed by atoms with Crippen molar-refractivity contribution >= 4 is 23.1 Å². The van der Waals surface area contributed by atoms with Crippen LogP contribution >= 0.6 is 0 Å². The van der Waals surface area contributed by atoms with Crippen LogP contribution in [0.4, 0.5) is 11.4 Å². The number of carbonyl (C=O) groups excluding carboxylic acids is 2. The molecule has 0 aliphatic carbocycles. The van der Waals surface area contributed by atoms with Crippen LogP contribution < -0.4 is 10.2 Å². The van der Waals surface area contributed by atoms with Crippen molar-refractivity contribution in [2.24, 2.45) is 0 Å². The molecule has 1 aliphatic heterocycles. The molecule has 0 saturated carbocycles. The number of hydrogen-bond donors (Lipinski definition) is 1. The second kappa shape index (κ2) is 5.90. The molecule has 1 aliphatic rings. The van der Waals surface area contributed by atoms with Crippen molar-refractivity contribution in [1.82, 2.24) is 5.32 Å². The summed E-state index contributed by atoms with van der Waals surface area (Å²) in [5, 5.41) is 14.0. The predicted octanol–water partition coefficient (Wildman–Crippen LogP) is 1.51. The Morgan fingerprint density at radius 3 is 2.81 bits per heavy atom. The van der Waals surface area contributed by atoms with Crippen LogP contribution in [-0.2, 0) is 4.79 Å². The molecule has 0 aromatic heterocycles. The second-order valence-corrected chi connectivity index (χ2v) is 4.93. The van der Waals surface area contributed by atoms with E-state index in [4.69, 9.17) is 0 Å². The Balaban J connectivity index is 2.49. The van der Waals surface area contributed by atoms with Crippen LogP contribution in [-0.4, -0.2) is 35.7 Å². The van der Waals surface area contributed by atoms with E-state index in [1.54, 1.807) is 17.0 Å². The fourth-order valence-corrected chi connectivity index (χ4v) is 2.54. The van der Waals surface area contributed by atoms with Gasteiger partial charge in [-0.3, -0.25) is 19.7 Å². The van der Waals surface area contributed by atoms with Gasteiger partial charge in [0.15, 0.2) is 5.78 Å². The number of nitrogens with one attached hydrogen (secondary N) is 1. The van der Waals surface area contributed by atoms with Crippen LogP contribution in [0.25, 0.3) is 0 Å². The van der Waals surface area contributed by atoms with Gasteiger partial charge in [0.05, 0.1) is 4.92 Å². The molecule has 2 rings (SSSR count). The van der Waals surface area contributed by atoms with E-state index >= 15 is 0 Å². The Kier molecular flexibility index (Phi) is 4.21. The van der Waals surface area contributed by atoms with E-state index in [2.05, 4.69) is 5.32 Å². The van der Waals surface area contributed by atoms with Crippen LogP contribution in [0.2, 0.25) is 0 Å². The zero-order valence-electron chi connectivity index (χ0n) is 12.0. The first-order valence-electron chi connectivity index (χ1n) is 6.79. The van der Waals surface area contributed by atoms with E-state index in [0.29, 0.717) is 30.8 Å². The van der Waals surface area contributed by atoms with Gasteiger partial charge < -0.3 is 10.2 Å². The number of benzene rings is 1.